The summed E-state index contributed by atoms with van der Waals surface area (Å²) in [5.74, 6) is 0.454. The van der Waals surface area contributed by atoms with Crippen LogP contribution in [-0.4, -0.2) is 12.1 Å². The number of methoxy groups -OCH3 is 1. The quantitative estimate of drug-likeness (QED) is 0.692. The molecule has 2 N–H and O–H groups in total. The van der Waals surface area contributed by atoms with Crippen molar-refractivity contribution in [3.8, 4) is 11.5 Å². The van der Waals surface area contributed by atoms with Gasteiger partial charge in [0.1, 0.15) is 18.1 Å². The molecule has 0 amide bonds. The fourth-order valence-corrected chi connectivity index (χ4v) is 1.69. The van der Waals surface area contributed by atoms with Crippen LogP contribution < -0.4 is 15.2 Å². The topological polar surface area (TPSA) is 57.4 Å². The molecule has 0 radical (unpaired) electrons. The highest BCUT2D eigenvalue weighted by molar-refractivity contribution is 6.29. The molecule has 0 fully saturated rings. The normalized spacial score (nSPS) is 10.3. The molecule has 2 rings (SSSR count). The second-order valence-electron chi connectivity index (χ2n) is 3.77. The monoisotopic (exact) mass is 282 g/mol. The summed E-state index contributed by atoms with van der Waals surface area (Å²) in [5, 5.41) is -0.170. The van der Waals surface area contributed by atoms with Crippen LogP contribution >= 0.6 is 11.6 Å². The van der Waals surface area contributed by atoms with Crippen LogP contribution in [0.2, 0.25) is 5.15 Å². The summed E-state index contributed by atoms with van der Waals surface area (Å²) in [6, 6.07) is 6.48. The lowest BCUT2D eigenvalue weighted by Crippen LogP contribution is -2.00. The van der Waals surface area contributed by atoms with Crippen molar-refractivity contribution in [2.75, 3.05) is 12.8 Å². The van der Waals surface area contributed by atoms with Crippen molar-refractivity contribution in [1.82, 2.24) is 4.98 Å². The highest BCUT2D eigenvalue weighted by atomic mass is 35.5. The molecule has 0 saturated heterocycles. The van der Waals surface area contributed by atoms with Crippen LogP contribution in [0.15, 0.2) is 30.5 Å². The third kappa shape index (κ3) is 3.06. The van der Waals surface area contributed by atoms with E-state index in [9.17, 15) is 4.39 Å². The SMILES string of the molecule is COc1cc(OCc2ccnc(Cl)c2F)ccc1N. The van der Waals surface area contributed by atoms with Gasteiger partial charge in [0.2, 0.25) is 0 Å². The molecule has 0 atom stereocenters. The highest BCUT2D eigenvalue weighted by Gasteiger charge is 2.08. The van der Waals surface area contributed by atoms with Crippen LogP contribution in [0.1, 0.15) is 5.56 Å². The summed E-state index contributed by atoms with van der Waals surface area (Å²) in [6.07, 6.45) is 1.42. The zero-order chi connectivity index (χ0) is 13.8. The number of rotatable bonds is 4. The summed E-state index contributed by atoms with van der Waals surface area (Å²) in [6.45, 7) is 0.0428. The van der Waals surface area contributed by atoms with Crippen molar-refractivity contribution in [3.05, 3.63) is 47.0 Å². The average Bonchev–Trinajstić information content (AvgIpc) is 2.42. The Morgan fingerprint density at radius 3 is 2.89 bits per heavy atom. The Balaban J connectivity index is 2.12. The Hall–Kier alpha value is -2.01. The van der Waals surface area contributed by atoms with Crippen LogP contribution in [0, 0.1) is 5.82 Å². The molecule has 6 heteroatoms. The first kappa shape index (κ1) is 13.4. The number of ether oxygens (including phenoxy) is 2. The number of nitrogens with two attached hydrogens (primary N) is 1. The molecule has 0 unspecified atom stereocenters. The van der Waals surface area contributed by atoms with Gasteiger partial charge < -0.3 is 15.2 Å². The van der Waals surface area contributed by atoms with E-state index in [4.69, 9.17) is 26.8 Å². The molecule has 19 heavy (non-hydrogen) atoms. The van der Waals surface area contributed by atoms with Gasteiger partial charge in [-0.2, -0.15) is 0 Å². The molecular formula is C13H12ClFN2O2. The molecule has 0 aliphatic rings. The van der Waals surface area contributed by atoms with E-state index in [1.807, 2.05) is 0 Å². The van der Waals surface area contributed by atoms with Gasteiger partial charge in [-0.3, -0.25) is 0 Å². The average molecular weight is 283 g/mol. The number of anilines is 1. The lowest BCUT2D eigenvalue weighted by Gasteiger charge is -2.10. The number of halogens is 2. The van der Waals surface area contributed by atoms with E-state index in [2.05, 4.69) is 4.98 Å². The van der Waals surface area contributed by atoms with Gasteiger partial charge in [0.15, 0.2) is 11.0 Å². The summed E-state index contributed by atoms with van der Waals surface area (Å²) in [7, 11) is 1.51. The van der Waals surface area contributed by atoms with E-state index < -0.39 is 5.82 Å². The fraction of sp³-hybridized carbons (Fsp3) is 0.154. The highest BCUT2D eigenvalue weighted by Crippen LogP contribution is 2.27. The van der Waals surface area contributed by atoms with Gasteiger partial charge in [-0.25, -0.2) is 9.37 Å². The Labute approximate surface area is 114 Å². The number of aromatic nitrogens is 1. The van der Waals surface area contributed by atoms with Crippen molar-refractivity contribution in [2.24, 2.45) is 0 Å². The molecule has 4 nitrogen and oxygen atoms in total. The minimum Gasteiger partial charge on any atom is -0.494 e. The minimum absolute atomic E-state index is 0.0428. The van der Waals surface area contributed by atoms with Crippen molar-refractivity contribution in [2.45, 2.75) is 6.61 Å². The van der Waals surface area contributed by atoms with Gasteiger partial charge in [0.05, 0.1) is 12.8 Å². The smallest absolute Gasteiger partial charge is 0.167 e. The van der Waals surface area contributed by atoms with E-state index in [1.165, 1.54) is 19.4 Å². The largest absolute Gasteiger partial charge is 0.494 e. The molecule has 1 aromatic heterocycles. The molecule has 100 valence electrons. The zero-order valence-electron chi connectivity index (χ0n) is 10.2. The summed E-state index contributed by atoms with van der Waals surface area (Å²) < 4.78 is 24.1. The lowest BCUT2D eigenvalue weighted by atomic mass is 10.2. The van der Waals surface area contributed by atoms with E-state index in [0.29, 0.717) is 22.7 Å². The van der Waals surface area contributed by atoms with Crippen LogP contribution in [0.25, 0.3) is 0 Å². The van der Waals surface area contributed by atoms with Crippen LogP contribution in [0.3, 0.4) is 0 Å². The number of nitrogen functional groups attached to an aromatic ring is 1. The van der Waals surface area contributed by atoms with Crippen LogP contribution in [-0.2, 0) is 6.61 Å². The Morgan fingerprint density at radius 2 is 2.16 bits per heavy atom. The van der Waals surface area contributed by atoms with E-state index in [0.717, 1.165) is 0 Å². The predicted octanol–water partition coefficient (Wildman–Crippen LogP) is 3.04. The van der Waals surface area contributed by atoms with Crippen molar-refractivity contribution in [1.29, 1.82) is 0 Å². The Morgan fingerprint density at radius 1 is 1.37 bits per heavy atom. The second kappa shape index (κ2) is 5.75. The van der Waals surface area contributed by atoms with Gasteiger partial charge in [0, 0.05) is 17.8 Å². The molecule has 0 saturated carbocycles. The van der Waals surface area contributed by atoms with Crippen molar-refractivity contribution in [3.63, 3.8) is 0 Å². The van der Waals surface area contributed by atoms with Gasteiger partial charge in [-0.1, -0.05) is 11.6 Å². The third-order valence-electron chi connectivity index (χ3n) is 2.53. The Kier molecular flexibility index (Phi) is 4.06. The summed E-state index contributed by atoms with van der Waals surface area (Å²) in [4.78, 5) is 3.63. The standard InChI is InChI=1S/C13H12ClFN2O2/c1-18-11-6-9(2-3-10(11)16)19-7-8-4-5-17-13(14)12(8)15/h2-6H,7,16H2,1H3. The molecular weight excluding hydrogens is 271 g/mol. The van der Waals surface area contributed by atoms with E-state index >= 15 is 0 Å². The molecule has 2 aromatic rings. The predicted molar refractivity (Wildman–Crippen MR) is 70.9 cm³/mol. The first-order valence-electron chi connectivity index (χ1n) is 5.47. The first-order valence-corrected chi connectivity index (χ1v) is 5.85. The van der Waals surface area contributed by atoms with Gasteiger partial charge in [-0.05, 0) is 18.2 Å². The maximum absolute atomic E-state index is 13.6. The number of benzene rings is 1. The molecule has 0 aliphatic carbocycles. The zero-order valence-corrected chi connectivity index (χ0v) is 10.9. The maximum Gasteiger partial charge on any atom is 0.167 e. The lowest BCUT2D eigenvalue weighted by molar-refractivity contribution is 0.297. The van der Waals surface area contributed by atoms with Crippen LogP contribution in [0.4, 0.5) is 10.1 Å². The Bertz CT molecular complexity index is 593. The molecule has 1 aromatic carbocycles. The molecule has 0 spiro atoms. The van der Waals surface area contributed by atoms with E-state index in [1.54, 1.807) is 18.2 Å². The fourth-order valence-electron chi connectivity index (χ4n) is 1.51. The summed E-state index contributed by atoms with van der Waals surface area (Å²) >= 11 is 5.59. The first-order chi connectivity index (χ1) is 9.11. The van der Waals surface area contributed by atoms with Gasteiger partial charge in [-0.15, -0.1) is 0 Å². The molecule has 0 aliphatic heterocycles. The van der Waals surface area contributed by atoms with Crippen molar-refractivity contribution < 1.29 is 13.9 Å². The van der Waals surface area contributed by atoms with Gasteiger partial charge >= 0.3 is 0 Å². The van der Waals surface area contributed by atoms with Crippen LogP contribution in [0.5, 0.6) is 11.5 Å². The third-order valence-corrected chi connectivity index (χ3v) is 2.79. The molecule has 0 bridgehead atoms. The molecule has 1 heterocycles. The number of nitrogens with zero attached hydrogens (tertiary/aromatic N) is 1. The van der Waals surface area contributed by atoms with Crippen molar-refractivity contribution >= 4 is 17.3 Å². The van der Waals surface area contributed by atoms with E-state index in [-0.39, 0.29) is 11.8 Å². The van der Waals surface area contributed by atoms with Gasteiger partial charge in [0.25, 0.3) is 0 Å². The number of pyridine rings is 1. The summed E-state index contributed by atoms with van der Waals surface area (Å²) in [5.41, 5.74) is 6.52. The number of hydrogen-bond acceptors (Lipinski definition) is 4. The minimum atomic E-state index is -0.577. The number of hydrogen-bond donors (Lipinski definition) is 1. The second-order valence-corrected chi connectivity index (χ2v) is 4.13. The maximum atomic E-state index is 13.6.